The number of carbonyl (C=O) groups is 1. The average Bonchev–Trinajstić information content (AvgIpc) is 3.07. The Labute approximate surface area is 190 Å². The van der Waals surface area contributed by atoms with Crippen molar-refractivity contribution in [3.05, 3.63) is 130 Å². The maximum atomic E-state index is 13.4. The fourth-order valence-corrected chi connectivity index (χ4v) is 4.23. The molecule has 0 unspecified atom stereocenters. The minimum Gasteiger partial charge on any atom is -0.460 e. The van der Waals surface area contributed by atoms with Crippen LogP contribution in [-0.2, 0) is 22.7 Å². The molecule has 0 saturated heterocycles. The van der Waals surface area contributed by atoms with E-state index in [0.717, 1.165) is 40.2 Å². The number of nitrogens with zero attached hydrogens (tertiary/aromatic N) is 1. The summed E-state index contributed by atoms with van der Waals surface area (Å²) < 4.78 is 8.09. The van der Waals surface area contributed by atoms with Crippen LogP contribution in [0, 0.1) is 20.8 Å². The van der Waals surface area contributed by atoms with Crippen molar-refractivity contribution >= 4 is 5.97 Å². The second-order valence-corrected chi connectivity index (χ2v) is 8.34. The van der Waals surface area contributed by atoms with E-state index < -0.39 is 5.92 Å². The van der Waals surface area contributed by atoms with Crippen LogP contribution in [0.15, 0.2) is 91.0 Å². The largest absolute Gasteiger partial charge is 0.460 e. The van der Waals surface area contributed by atoms with Crippen LogP contribution in [0.4, 0.5) is 0 Å². The molecule has 0 aliphatic carbocycles. The molecule has 1 aromatic heterocycles. The maximum absolute atomic E-state index is 13.4. The van der Waals surface area contributed by atoms with Crippen LogP contribution in [0.1, 0.15) is 45.1 Å². The smallest absolute Gasteiger partial charge is 0.318 e. The molecule has 0 fully saturated rings. The lowest BCUT2D eigenvalue weighted by Crippen LogP contribution is -2.18. The van der Waals surface area contributed by atoms with Gasteiger partial charge in [-0.05, 0) is 49.1 Å². The minimum atomic E-state index is -0.464. The van der Waals surface area contributed by atoms with Crippen LogP contribution in [0.5, 0.6) is 0 Å². The van der Waals surface area contributed by atoms with E-state index in [1.165, 1.54) is 5.56 Å². The van der Waals surface area contributed by atoms with E-state index in [1.807, 2.05) is 48.5 Å². The summed E-state index contributed by atoms with van der Waals surface area (Å²) in [5.74, 6) is -0.686. The number of esters is 1. The van der Waals surface area contributed by atoms with E-state index in [1.54, 1.807) is 0 Å². The lowest BCUT2D eigenvalue weighted by molar-refractivity contribution is -0.145. The van der Waals surface area contributed by atoms with Crippen molar-refractivity contribution in [2.24, 2.45) is 0 Å². The normalized spacial score (nSPS) is 11.8. The summed E-state index contributed by atoms with van der Waals surface area (Å²) in [6.07, 6.45) is 0. The van der Waals surface area contributed by atoms with Gasteiger partial charge in [-0.3, -0.25) is 4.79 Å². The van der Waals surface area contributed by atoms with E-state index in [2.05, 4.69) is 67.8 Å². The highest BCUT2D eigenvalue weighted by Gasteiger charge is 2.28. The van der Waals surface area contributed by atoms with Crippen molar-refractivity contribution in [1.82, 2.24) is 4.57 Å². The summed E-state index contributed by atoms with van der Waals surface area (Å²) in [4.78, 5) is 13.4. The van der Waals surface area contributed by atoms with Crippen molar-refractivity contribution < 1.29 is 9.53 Å². The summed E-state index contributed by atoms with van der Waals surface area (Å²) >= 11 is 0. The fraction of sp³-hybridized carbons (Fsp3) is 0.207. The van der Waals surface area contributed by atoms with Crippen molar-refractivity contribution in [2.45, 2.75) is 39.8 Å². The van der Waals surface area contributed by atoms with Gasteiger partial charge in [0.05, 0.1) is 0 Å². The first-order valence-corrected chi connectivity index (χ1v) is 11.0. The van der Waals surface area contributed by atoms with E-state index in [0.29, 0.717) is 0 Å². The molecule has 0 amide bonds. The van der Waals surface area contributed by atoms with Crippen LogP contribution in [-0.4, -0.2) is 10.5 Å². The molecule has 32 heavy (non-hydrogen) atoms. The summed E-state index contributed by atoms with van der Waals surface area (Å²) in [5.41, 5.74) is 7.54. The van der Waals surface area contributed by atoms with Gasteiger partial charge in [0.25, 0.3) is 0 Å². The monoisotopic (exact) mass is 423 g/mol. The number of hydrogen-bond donors (Lipinski definition) is 0. The third kappa shape index (κ3) is 4.83. The zero-order chi connectivity index (χ0) is 22.5. The highest BCUT2D eigenvalue weighted by atomic mass is 16.5. The molecule has 1 atom stereocenters. The first-order chi connectivity index (χ1) is 15.5. The van der Waals surface area contributed by atoms with Crippen molar-refractivity contribution in [1.29, 1.82) is 0 Å². The Bertz CT molecular complexity index is 1190. The van der Waals surface area contributed by atoms with Gasteiger partial charge in [0.2, 0.25) is 0 Å². The number of rotatable bonds is 7. The topological polar surface area (TPSA) is 31.2 Å². The Morgan fingerprint density at radius 3 is 2.12 bits per heavy atom. The van der Waals surface area contributed by atoms with Gasteiger partial charge in [-0.2, -0.15) is 0 Å². The molecule has 3 nitrogen and oxygen atoms in total. The summed E-state index contributed by atoms with van der Waals surface area (Å²) in [6.45, 7) is 7.29. The Hall–Kier alpha value is -3.59. The van der Waals surface area contributed by atoms with E-state index in [4.69, 9.17) is 4.74 Å². The molecule has 1 heterocycles. The van der Waals surface area contributed by atoms with Gasteiger partial charge in [0, 0.05) is 17.9 Å². The van der Waals surface area contributed by atoms with Crippen LogP contribution in [0.2, 0.25) is 0 Å². The Kier molecular flexibility index (Phi) is 6.55. The van der Waals surface area contributed by atoms with Gasteiger partial charge >= 0.3 is 5.97 Å². The molecule has 0 spiro atoms. The van der Waals surface area contributed by atoms with Gasteiger partial charge in [-0.25, -0.2) is 0 Å². The summed E-state index contributed by atoms with van der Waals surface area (Å²) in [7, 11) is 0. The molecule has 4 rings (SSSR count). The van der Waals surface area contributed by atoms with Crippen molar-refractivity contribution in [2.75, 3.05) is 0 Å². The molecule has 0 N–H and O–H groups in total. The predicted octanol–water partition coefficient (Wildman–Crippen LogP) is 6.34. The molecule has 3 aromatic carbocycles. The van der Waals surface area contributed by atoms with E-state index >= 15 is 0 Å². The number of aromatic nitrogens is 1. The Morgan fingerprint density at radius 2 is 1.47 bits per heavy atom. The molecule has 4 aromatic rings. The molecule has 0 aliphatic heterocycles. The average molecular weight is 424 g/mol. The van der Waals surface area contributed by atoms with Crippen LogP contribution in [0.25, 0.3) is 0 Å². The third-order valence-corrected chi connectivity index (χ3v) is 5.94. The minimum absolute atomic E-state index is 0.223. The number of aryl methyl sites for hydroxylation is 2. The maximum Gasteiger partial charge on any atom is 0.318 e. The predicted molar refractivity (Wildman–Crippen MR) is 129 cm³/mol. The zero-order valence-electron chi connectivity index (χ0n) is 18.9. The van der Waals surface area contributed by atoms with E-state index in [9.17, 15) is 4.79 Å². The van der Waals surface area contributed by atoms with Crippen molar-refractivity contribution in [3.8, 4) is 0 Å². The first kappa shape index (κ1) is 21.6. The van der Waals surface area contributed by atoms with Crippen LogP contribution in [0.3, 0.4) is 0 Å². The molecule has 0 saturated carbocycles. The highest BCUT2D eigenvalue weighted by molar-refractivity contribution is 5.83. The number of benzene rings is 3. The molecule has 162 valence electrons. The number of ether oxygens (including phenoxy) is 1. The van der Waals surface area contributed by atoms with Crippen LogP contribution >= 0.6 is 0 Å². The molecule has 3 heteroatoms. The molecular formula is C29H29NO2. The third-order valence-electron chi connectivity index (χ3n) is 5.94. The SMILES string of the molecule is Cc1cccc([C@@H](C(=O)OCc2ccccc2)c2cc(C)n(Cc3ccccc3)c2C)c1. The number of carbonyl (C=O) groups excluding carboxylic acids is 1. The standard InChI is InChI=1S/C29H29NO2/c1-21-11-10-16-26(17-21)28(29(31)32-20-25-14-8-5-9-15-25)27-18-22(2)30(23(27)3)19-24-12-6-4-7-13-24/h4-18,28H,19-20H2,1-3H3/t28-/m1/s1. The van der Waals surface area contributed by atoms with Gasteiger partial charge in [-0.1, -0.05) is 90.5 Å². The number of hydrogen-bond acceptors (Lipinski definition) is 2. The van der Waals surface area contributed by atoms with Crippen molar-refractivity contribution in [3.63, 3.8) is 0 Å². The second-order valence-electron chi connectivity index (χ2n) is 8.34. The molecule has 0 aliphatic rings. The van der Waals surface area contributed by atoms with Gasteiger partial charge in [0.15, 0.2) is 0 Å². The van der Waals surface area contributed by atoms with Gasteiger partial charge in [-0.15, -0.1) is 0 Å². The lowest BCUT2D eigenvalue weighted by atomic mass is 9.90. The summed E-state index contributed by atoms with van der Waals surface area (Å²) in [6, 6.07) is 30.5. The van der Waals surface area contributed by atoms with E-state index in [-0.39, 0.29) is 12.6 Å². The molecule has 0 radical (unpaired) electrons. The first-order valence-electron chi connectivity index (χ1n) is 11.0. The highest BCUT2D eigenvalue weighted by Crippen LogP contribution is 2.32. The lowest BCUT2D eigenvalue weighted by Gasteiger charge is -2.18. The quantitative estimate of drug-likeness (QED) is 0.325. The second kappa shape index (κ2) is 9.69. The molecule has 0 bridgehead atoms. The zero-order valence-corrected chi connectivity index (χ0v) is 18.9. The summed E-state index contributed by atoms with van der Waals surface area (Å²) in [5, 5.41) is 0. The Balaban J connectivity index is 1.68. The Morgan fingerprint density at radius 1 is 0.812 bits per heavy atom. The fourth-order valence-electron chi connectivity index (χ4n) is 4.23. The van der Waals surface area contributed by atoms with Gasteiger partial charge < -0.3 is 9.30 Å². The molecular weight excluding hydrogens is 394 g/mol. The van der Waals surface area contributed by atoms with Crippen LogP contribution < -0.4 is 0 Å². The van der Waals surface area contributed by atoms with Gasteiger partial charge in [0.1, 0.15) is 12.5 Å².